The molecule has 0 radical (unpaired) electrons. The van der Waals surface area contributed by atoms with E-state index in [1.165, 1.54) is 17.8 Å². The lowest BCUT2D eigenvalue weighted by Crippen LogP contribution is -2.38. The number of likely N-dealkylation sites (tertiary alicyclic amines) is 1. The molecule has 0 bridgehead atoms. The van der Waals surface area contributed by atoms with E-state index in [1.54, 1.807) is 36.2 Å². The maximum absolute atomic E-state index is 13.6. The first kappa shape index (κ1) is 28.7. The van der Waals surface area contributed by atoms with Gasteiger partial charge in [0, 0.05) is 38.6 Å². The van der Waals surface area contributed by atoms with E-state index in [1.807, 2.05) is 4.90 Å². The number of nitrogens with zero attached hydrogens (tertiary/aromatic N) is 5. The zero-order valence-electron chi connectivity index (χ0n) is 21.8. The van der Waals surface area contributed by atoms with Crippen molar-refractivity contribution >= 4 is 45.7 Å². The van der Waals surface area contributed by atoms with Gasteiger partial charge in [0.25, 0.3) is 0 Å². The van der Waals surface area contributed by atoms with Crippen molar-refractivity contribution in [1.82, 2.24) is 19.6 Å². The zero-order chi connectivity index (χ0) is 29.7. The summed E-state index contributed by atoms with van der Waals surface area (Å²) in [5.41, 5.74) is -1.92. The van der Waals surface area contributed by atoms with Crippen LogP contribution >= 0.6 is 11.8 Å². The van der Waals surface area contributed by atoms with Gasteiger partial charge in [-0.15, -0.1) is 0 Å². The Morgan fingerprint density at radius 2 is 1.88 bits per heavy atom. The van der Waals surface area contributed by atoms with Crippen LogP contribution in [0.4, 0.5) is 31.1 Å². The molecule has 3 heterocycles. The van der Waals surface area contributed by atoms with Crippen molar-refractivity contribution in [3.8, 4) is 0 Å². The molecule has 1 saturated heterocycles. The Morgan fingerprint density at radius 1 is 1.12 bits per heavy atom. The number of aliphatic imine (C=N–C) groups is 1. The Morgan fingerprint density at radius 3 is 2.56 bits per heavy atom. The number of fused-ring (bicyclic) bond motifs is 1. The van der Waals surface area contributed by atoms with E-state index in [2.05, 4.69) is 10.1 Å². The van der Waals surface area contributed by atoms with E-state index in [0.717, 1.165) is 24.2 Å². The molecular weight excluding hydrogens is 572 g/mol. The smallest absolute Gasteiger partial charge is 0.353 e. The highest BCUT2D eigenvalue weighted by Gasteiger charge is 2.38. The minimum atomic E-state index is -4.98. The Hall–Kier alpha value is -3.81. The molecule has 0 aliphatic carbocycles. The quantitative estimate of drug-likeness (QED) is 0.332. The molecule has 216 valence electrons. The molecule has 2 amide bonds. The summed E-state index contributed by atoms with van der Waals surface area (Å²) in [7, 11) is 1.74. The molecule has 0 saturated carbocycles. The molecule has 1 fully saturated rings. The van der Waals surface area contributed by atoms with Crippen molar-refractivity contribution < 1.29 is 35.9 Å². The first-order valence-corrected chi connectivity index (χ1v) is 13.3. The number of rotatable bonds is 4. The van der Waals surface area contributed by atoms with Gasteiger partial charge in [-0.2, -0.15) is 36.4 Å². The second kappa shape index (κ2) is 10.5. The largest absolute Gasteiger partial charge is 0.416 e. The molecule has 3 aromatic rings. The van der Waals surface area contributed by atoms with E-state index in [-0.39, 0.29) is 35.4 Å². The average molecular weight is 596 g/mol. The molecule has 2 aliphatic heterocycles. The summed E-state index contributed by atoms with van der Waals surface area (Å²) >= 11 is 0.979. The van der Waals surface area contributed by atoms with Crippen LogP contribution in [-0.2, 0) is 23.7 Å². The number of benzene rings is 2. The molecule has 2 aliphatic rings. The van der Waals surface area contributed by atoms with Crippen LogP contribution in [0.2, 0.25) is 0 Å². The standard InChI is InChI=1S/C27H23F6N5O2S/c1-15(39)36(2)20-7-8-37(14-20)24-23(41-25(40)34-24)10-16-3-6-22-18(9-16)13-38(35-22)12-17-4-5-19(26(28,29)30)11-21(17)27(31,32)33/h3-6,9-11,13,20H,7-8,12,14H2,1-2H3/b23-10-. The lowest BCUT2D eigenvalue weighted by atomic mass is 10.0. The first-order valence-electron chi connectivity index (χ1n) is 12.4. The number of amidine groups is 1. The summed E-state index contributed by atoms with van der Waals surface area (Å²) in [6.45, 7) is 2.28. The van der Waals surface area contributed by atoms with Crippen molar-refractivity contribution in [3.05, 3.63) is 69.8 Å². The number of carbonyl (C=O) groups is 2. The number of aromatic nitrogens is 2. The molecule has 2 aromatic carbocycles. The summed E-state index contributed by atoms with van der Waals surface area (Å²) in [5.74, 6) is 0.477. The summed E-state index contributed by atoms with van der Waals surface area (Å²) in [4.78, 5) is 32.4. The fourth-order valence-corrected chi connectivity index (χ4v) is 5.66. The maximum atomic E-state index is 13.6. The number of thioether (sulfide) groups is 1. The van der Waals surface area contributed by atoms with E-state index in [4.69, 9.17) is 0 Å². The van der Waals surface area contributed by atoms with E-state index in [0.29, 0.717) is 46.4 Å². The van der Waals surface area contributed by atoms with Gasteiger partial charge in [0.1, 0.15) is 5.84 Å². The third kappa shape index (κ3) is 6.11. The fraction of sp³-hybridized carbons (Fsp3) is 0.333. The number of carbonyl (C=O) groups excluding carboxylic acids is 2. The molecule has 0 N–H and O–H groups in total. The van der Waals surface area contributed by atoms with Gasteiger partial charge in [-0.25, -0.2) is 0 Å². The number of alkyl halides is 6. The maximum Gasteiger partial charge on any atom is 0.416 e. The summed E-state index contributed by atoms with van der Waals surface area (Å²) in [6, 6.07) is 6.72. The summed E-state index contributed by atoms with van der Waals surface area (Å²) in [5, 5.41) is 4.52. The lowest BCUT2D eigenvalue weighted by Gasteiger charge is -2.24. The highest BCUT2D eigenvalue weighted by Crippen LogP contribution is 2.38. The summed E-state index contributed by atoms with van der Waals surface area (Å²) in [6.07, 6.45) is -5.85. The van der Waals surface area contributed by atoms with Gasteiger partial charge in [-0.3, -0.25) is 14.3 Å². The molecule has 1 atom stereocenters. The molecule has 41 heavy (non-hydrogen) atoms. The van der Waals surface area contributed by atoms with Crippen LogP contribution in [0, 0.1) is 0 Å². The van der Waals surface area contributed by atoms with Gasteiger partial charge in [0.15, 0.2) is 0 Å². The normalized spacial score (nSPS) is 19.0. The predicted octanol–water partition coefficient (Wildman–Crippen LogP) is 6.28. The topological polar surface area (TPSA) is 70.8 Å². The zero-order valence-corrected chi connectivity index (χ0v) is 22.6. The van der Waals surface area contributed by atoms with Crippen LogP contribution in [0.1, 0.15) is 35.6 Å². The molecule has 1 unspecified atom stereocenters. The minimum Gasteiger partial charge on any atom is -0.353 e. The Kier molecular flexibility index (Phi) is 7.38. The van der Waals surface area contributed by atoms with Crippen LogP contribution in [0.3, 0.4) is 0 Å². The molecule has 1 aromatic heterocycles. The van der Waals surface area contributed by atoms with Crippen LogP contribution in [0.15, 0.2) is 52.5 Å². The number of likely N-dealkylation sites (N-methyl/N-ethyl adjacent to an activating group) is 1. The first-order chi connectivity index (χ1) is 19.2. The number of hydrogen-bond donors (Lipinski definition) is 0. The molecule has 0 spiro atoms. The molecule has 7 nitrogen and oxygen atoms in total. The predicted molar refractivity (Wildman–Crippen MR) is 142 cm³/mol. The van der Waals surface area contributed by atoms with Crippen molar-refractivity contribution in [2.24, 2.45) is 4.99 Å². The highest BCUT2D eigenvalue weighted by molar-refractivity contribution is 8.18. The van der Waals surface area contributed by atoms with Crippen molar-refractivity contribution in [2.75, 3.05) is 20.1 Å². The Labute approximate surface area is 234 Å². The molecule has 14 heteroatoms. The lowest BCUT2D eigenvalue weighted by molar-refractivity contribution is -0.143. The summed E-state index contributed by atoms with van der Waals surface area (Å²) < 4.78 is 81.0. The van der Waals surface area contributed by atoms with Gasteiger partial charge in [0.2, 0.25) is 5.91 Å². The highest BCUT2D eigenvalue weighted by atomic mass is 32.2. The van der Waals surface area contributed by atoms with Crippen LogP contribution in [0.25, 0.3) is 17.0 Å². The van der Waals surface area contributed by atoms with Crippen LogP contribution in [0.5, 0.6) is 0 Å². The second-order valence-electron chi connectivity index (χ2n) is 9.84. The monoisotopic (exact) mass is 595 g/mol. The van der Waals surface area contributed by atoms with Crippen molar-refractivity contribution in [2.45, 2.75) is 38.3 Å². The van der Waals surface area contributed by atoms with E-state index >= 15 is 0 Å². The van der Waals surface area contributed by atoms with Gasteiger partial charge in [-0.05, 0) is 59.7 Å². The van der Waals surface area contributed by atoms with Gasteiger partial charge in [0.05, 0.1) is 34.1 Å². The number of hydrogen-bond acceptors (Lipinski definition) is 5. The Bertz CT molecular complexity index is 1590. The van der Waals surface area contributed by atoms with Crippen molar-refractivity contribution in [3.63, 3.8) is 0 Å². The third-order valence-corrected chi connectivity index (χ3v) is 7.86. The van der Waals surface area contributed by atoms with Crippen molar-refractivity contribution in [1.29, 1.82) is 0 Å². The molecule has 5 rings (SSSR count). The SMILES string of the molecule is CC(=O)N(C)C1CCN(C2=NC(=O)S/C2=C\c2ccc3nn(Cc4ccc(C(F)(F)F)cc4C(F)(F)F)cc3c2)C1. The Balaban J connectivity index is 1.39. The number of halogens is 6. The molecular formula is C27H23F6N5O2S. The fourth-order valence-electron chi connectivity index (χ4n) is 4.88. The second-order valence-corrected chi connectivity index (χ2v) is 10.8. The average Bonchev–Trinajstić information content (AvgIpc) is 3.60. The number of amides is 2. The van der Waals surface area contributed by atoms with Gasteiger partial charge in [-0.1, -0.05) is 12.1 Å². The van der Waals surface area contributed by atoms with Gasteiger partial charge < -0.3 is 9.80 Å². The van der Waals surface area contributed by atoms with Crippen LogP contribution < -0.4 is 0 Å². The van der Waals surface area contributed by atoms with E-state index < -0.39 is 23.5 Å². The van der Waals surface area contributed by atoms with Crippen LogP contribution in [-0.4, -0.2) is 62.7 Å². The van der Waals surface area contributed by atoms with E-state index in [9.17, 15) is 35.9 Å². The third-order valence-electron chi connectivity index (χ3n) is 7.07. The van der Waals surface area contributed by atoms with Gasteiger partial charge >= 0.3 is 17.6 Å². The minimum absolute atomic E-state index is 0.00173.